The van der Waals surface area contributed by atoms with Gasteiger partial charge in [-0.3, -0.25) is 4.79 Å². The molecule has 0 unspecified atom stereocenters. The maximum Gasteiger partial charge on any atom is 0.252 e. The minimum absolute atomic E-state index is 0.108. The molecule has 3 atom stereocenters. The van der Waals surface area contributed by atoms with Crippen molar-refractivity contribution in [2.24, 2.45) is 0 Å². The van der Waals surface area contributed by atoms with Gasteiger partial charge in [-0.05, 0) is 72.7 Å². The number of hydrogen-bond donors (Lipinski definition) is 3. The number of para-hydroxylation sites is 2. The second-order valence-electron chi connectivity index (χ2n) is 10.9. The molecule has 214 valence electrons. The number of ether oxygens (including phenoxy) is 2. The topological polar surface area (TPSA) is 79.8 Å². The van der Waals surface area contributed by atoms with Gasteiger partial charge in [0.25, 0.3) is 5.91 Å². The minimum Gasteiger partial charge on any atom is -0.497 e. The van der Waals surface area contributed by atoms with Crippen molar-refractivity contribution in [2.75, 3.05) is 13.7 Å². The van der Waals surface area contributed by atoms with Crippen molar-refractivity contribution in [3.8, 4) is 17.2 Å². The largest absolute Gasteiger partial charge is 0.497 e. The summed E-state index contributed by atoms with van der Waals surface area (Å²) in [5.74, 6) is 1.90. The van der Waals surface area contributed by atoms with Crippen LogP contribution in [0.25, 0.3) is 11.6 Å². The van der Waals surface area contributed by atoms with E-state index in [-0.39, 0.29) is 11.9 Å². The molecule has 4 aromatic carbocycles. The number of hydrogen-bond acceptors (Lipinski definition) is 5. The maximum absolute atomic E-state index is 14.0. The maximum atomic E-state index is 14.0. The highest BCUT2D eigenvalue weighted by atomic mass is 16.5. The molecule has 0 fully saturated rings. The van der Waals surface area contributed by atoms with Gasteiger partial charge in [0.2, 0.25) is 0 Å². The Bertz CT molecular complexity index is 1580. The summed E-state index contributed by atoms with van der Waals surface area (Å²) >= 11 is 0. The molecule has 0 radical (unpaired) electrons. The Morgan fingerprint density at radius 3 is 2.57 bits per heavy atom. The standard InChI is InChI=1S/C36H36N2O4/c1-41-27-19-18-25-13-9-15-31(29(25)22-27)37-23-33(39)32(20-24-10-3-2-4-11-24)38-36(40)30-21-26-12-5-7-16-34(26)42-35-17-8-6-14-28(30)35/h2-8,10-12,14,16-19,21-22,31-33,37,39H,9,13,15,20,23H2,1H3,(H,38,40)/t31-,32+,33-/m1/s1. The summed E-state index contributed by atoms with van der Waals surface area (Å²) < 4.78 is 11.7. The Labute approximate surface area is 247 Å². The van der Waals surface area contributed by atoms with Crippen LogP contribution in [0, 0.1) is 0 Å². The third-order valence-corrected chi connectivity index (χ3v) is 8.18. The molecular weight excluding hydrogens is 524 g/mol. The van der Waals surface area contributed by atoms with Crippen LogP contribution in [0.1, 0.15) is 46.7 Å². The average Bonchev–Trinajstić information content (AvgIpc) is 3.20. The second kappa shape index (κ2) is 12.6. The predicted molar refractivity (Wildman–Crippen MR) is 166 cm³/mol. The number of fused-ring (bicyclic) bond motifs is 3. The SMILES string of the molecule is COc1ccc2c(c1)[C@H](NC[C@@H](O)[C@H](Cc1ccccc1)NC(=O)C1=Cc3ccccc3Oc3ccccc31)CCC2. The highest BCUT2D eigenvalue weighted by molar-refractivity contribution is 6.25. The van der Waals surface area contributed by atoms with Crippen LogP contribution >= 0.6 is 0 Å². The van der Waals surface area contributed by atoms with Gasteiger partial charge in [0.05, 0.1) is 24.8 Å². The monoisotopic (exact) mass is 560 g/mol. The van der Waals surface area contributed by atoms with Gasteiger partial charge in [-0.15, -0.1) is 0 Å². The molecule has 4 aromatic rings. The van der Waals surface area contributed by atoms with Crippen LogP contribution in [0.2, 0.25) is 0 Å². The average molecular weight is 561 g/mol. The normalized spacial score (nSPS) is 16.8. The summed E-state index contributed by atoms with van der Waals surface area (Å²) in [5.41, 5.74) is 5.61. The molecule has 1 heterocycles. The second-order valence-corrected chi connectivity index (χ2v) is 10.9. The highest BCUT2D eigenvalue weighted by Crippen LogP contribution is 2.38. The van der Waals surface area contributed by atoms with Gasteiger partial charge in [-0.1, -0.05) is 72.8 Å². The van der Waals surface area contributed by atoms with E-state index in [1.807, 2.05) is 91.0 Å². The summed E-state index contributed by atoms with van der Waals surface area (Å²) in [7, 11) is 1.68. The van der Waals surface area contributed by atoms with E-state index in [1.54, 1.807) is 7.11 Å². The Balaban J connectivity index is 1.25. The number of aliphatic hydroxyl groups is 1. The fourth-order valence-electron chi connectivity index (χ4n) is 5.93. The van der Waals surface area contributed by atoms with E-state index in [0.29, 0.717) is 35.6 Å². The molecule has 0 spiro atoms. The van der Waals surface area contributed by atoms with E-state index in [0.717, 1.165) is 36.1 Å². The van der Waals surface area contributed by atoms with Crippen molar-refractivity contribution in [1.29, 1.82) is 0 Å². The molecule has 42 heavy (non-hydrogen) atoms. The van der Waals surface area contributed by atoms with Crippen molar-refractivity contribution in [3.63, 3.8) is 0 Å². The first-order valence-corrected chi connectivity index (χ1v) is 14.6. The number of rotatable bonds is 9. The van der Waals surface area contributed by atoms with Crippen LogP contribution < -0.4 is 20.1 Å². The number of methoxy groups -OCH3 is 1. The fourth-order valence-corrected chi connectivity index (χ4v) is 5.93. The van der Waals surface area contributed by atoms with Gasteiger partial charge in [-0.25, -0.2) is 0 Å². The minimum atomic E-state index is -0.824. The predicted octanol–water partition coefficient (Wildman–Crippen LogP) is 6.10. The summed E-state index contributed by atoms with van der Waals surface area (Å²) in [6.45, 7) is 0.334. The van der Waals surface area contributed by atoms with Crippen molar-refractivity contribution in [3.05, 3.63) is 125 Å². The fraction of sp³-hybridized carbons (Fsp3) is 0.250. The lowest BCUT2D eigenvalue weighted by Gasteiger charge is -2.30. The third kappa shape index (κ3) is 6.10. The lowest BCUT2D eigenvalue weighted by Crippen LogP contribution is -2.49. The van der Waals surface area contributed by atoms with E-state index >= 15 is 0 Å². The van der Waals surface area contributed by atoms with Gasteiger partial charge in [-0.2, -0.15) is 0 Å². The van der Waals surface area contributed by atoms with Gasteiger partial charge in [0, 0.05) is 23.7 Å². The van der Waals surface area contributed by atoms with Crippen LogP contribution in [0.5, 0.6) is 17.2 Å². The van der Waals surface area contributed by atoms with E-state index in [9.17, 15) is 9.90 Å². The van der Waals surface area contributed by atoms with E-state index in [4.69, 9.17) is 9.47 Å². The Kier molecular flexibility index (Phi) is 8.35. The van der Waals surface area contributed by atoms with Gasteiger partial charge in [0.1, 0.15) is 17.2 Å². The van der Waals surface area contributed by atoms with Gasteiger partial charge < -0.3 is 25.2 Å². The Hall–Kier alpha value is -4.39. The molecule has 6 rings (SSSR count). The number of amides is 1. The smallest absolute Gasteiger partial charge is 0.252 e. The highest BCUT2D eigenvalue weighted by Gasteiger charge is 2.28. The van der Waals surface area contributed by atoms with Crippen LogP contribution in [0.3, 0.4) is 0 Å². The zero-order valence-corrected chi connectivity index (χ0v) is 23.8. The number of aryl methyl sites for hydroxylation is 1. The molecule has 0 aromatic heterocycles. The number of carbonyl (C=O) groups excluding carboxylic acids is 1. The van der Waals surface area contributed by atoms with Crippen LogP contribution in [-0.2, 0) is 17.6 Å². The molecule has 1 amide bonds. The van der Waals surface area contributed by atoms with Crippen LogP contribution in [-0.4, -0.2) is 36.8 Å². The third-order valence-electron chi connectivity index (χ3n) is 8.18. The Morgan fingerprint density at radius 2 is 1.74 bits per heavy atom. The van der Waals surface area contributed by atoms with Crippen molar-refractivity contribution in [2.45, 2.75) is 43.9 Å². The van der Waals surface area contributed by atoms with Crippen molar-refractivity contribution < 1.29 is 19.4 Å². The van der Waals surface area contributed by atoms with Gasteiger partial charge >= 0.3 is 0 Å². The number of carbonyl (C=O) groups is 1. The van der Waals surface area contributed by atoms with Crippen LogP contribution in [0.4, 0.5) is 0 Å². The summed E-state index contributed by atoms with van der Waals surface area (Å²) in [5, 5.41) is 18.3. The van der Waals surface area contributed by atoms with Crippen molar-refractivity contribution >= 4 is 17.6 Å². The first kappa shape index (κ1) is 27.8. The number of aliphatic hydroxyl groups excluding tert-OH is 1. The molecular formula is C36H36N2O4. The molecule has 0 saturated heterocycles. The van der Waals surface area contributed by atoms with E-state index in [1.165, 1.54) is 11.1 Å². The molecule has 3 N–H and O–H groups in total. The van der Waals surface area contributed by atoms with Gasteiger partial charge in [0.15, 0.2) is 0 Å². The lowest BCUT2D eigenvalue weighted by molar-refractivity contribution is -0.117. The molecule has 0 bridgehead atoms. The molecule has 6 nitrogen and oxygen atoms in total. The molecule has 1 aliphatic heterocycles. The molecule has 1 aliphatic carbocycles. The lowest BCUT2D eigenvalue weighted by atomic mass is 9.87. The number of nitrogens with one attached hydrogen (secondary N) is 2. The zero-order valence-electron chi connectivity index (χ0n) is 23.8. The summed E-state index contributed by atoms with van der Waals surface area (Å²) in [4.78, 5) is 14.0. The molecule has 2 aliphatic rings. The Morgan fingerprint density at radius 1 is 0.976 bits per heavy atom. The van der Waals surface area contributed by atoms with E-state index < -0.39 is 12.1 Å². The zero-order chi connectivity index (χ0) is 28.9. The number of benzene rings is 4. The summed E-state index contributed by atoms with van der Waals surface area (Å²) in [6, 6.07) is 31.0. The van der Waals surface area contributed by atoms with E-state index in [2.05, 4.69) is 22.8 Å². The van der Waals surface area contributed by atoms with Crippen LogP contribution in [0.15, 0.2) is 97.1 Å². The quantitative estimate of drug-likeness (QED) is 0.231. The summed E-state index contributed by atoms with van der Waals surface area (Å²) in [6.07, 6.45) is 4.63. The molecule has 6 heteroatoms. The first-order valence-electron chi connectivity index (χ1n) is 14.6. The van der Waals surface area contributed by atoms with Crippen molar-refractivity contribution in [1.82, 2.24) is 10.6 Å². The molecule has 0 saturated carbocycles. The first-order chi connectivity index (χ1) is 20.6.